The van der Waals surface area contributed by atoms with E-state index < -0.39 is 0 Å². The van der Waals surface area contributed by atoms with Crippen molar-refractivity contribution < 1.29 is 14.3 Å². The Morgan fingerprint density at radius 2 is 2.41 bits per heavy atom. The van der Waals surface area contributed by atoms with Gasteiger partial charge >= 0.3 is 5.97 Å². The minimum absolute atomic E-state index is 0.219. The van der Waals surface area contributed by atoms with Crippen LogP contribution >= 0.6 is 0 Å². The van der Waals surface area contributed by atoms with Gasteiger partial charge in [-0.2, -0.15) is 0 Å². The number of ether oxygens (including phenoxy) is 2. The molecule has 0 amide bonds. The van der Waals surface area contributed by atoms with Crippen molar-refractivity contribution in [1.29, 1.82) is 0 Å². The van der Waals surface area contributed by atoms with E-state index in [2.05, 4.69) is 4.74 Å². The summed E-state index contributed by atoms with van der Waals surface area (Å²) >= 11 is 0. The van der Waals surface area contributed by atoms with Crippen LogP contribution in [0.25, 0.3) is 6.08 Å². The lowest BCUT2D eigenvalue weighted by Crippen LogP contribution is -2.01. The molecule has 0 bridgehead atoms. The number of carbonyl (C=O) groups is 1. The predicted molar refractivity (Wildman–Crippen MR) is 65.8 cm³/mol. The van der Waals surface area contributed by atoms with E-state index in [0.29, 0.717) is 5.56 Å². The molecule has 0 spiro atoms. The van der Waals surface area contributed by atoms with Crippen LogP contribution in [0.4, 0.5) is 0 Å². The smallest absolute Gasteiger partial charge is 0.337 e. The summed E-state index contributed by atoms with van der Waals surface area (Å²) in [6.45, 7) is 0.844. The maximum Gasteiger partial charge on any atom is 0.337 e. The standard InChI is InChI=1S/C14H16O3/c1-16-14(15)12-5-2-4-11(10-12)7-8-13-6-3-9-17-13/h2,4-5,7-8,10,13H,3,6,9H2,1H3. The van der Waals surface area contributed by atoms with E-state index in [4.69, 9.17) is 4.74 Å². The maximum atomic E-state index is 11.4. The van der Waals surface area contributed by atoms with Crippen LogP contribution in [0.2, 0.25) is 0 Å². The minimum atomic E-state index is -0.308. The Kier molecular flexibility index (Phi) is 3.94. The van der Waals surface area contributed by atoms with E-state index in [9.17, 15) is 4.79 Å². The number of carbonyl (C=O) groups excluding carboxylic acids is 1. The summed E-state index contributed by atoms with van der Waals surface area (Å²) in [6.07, 6.45) is 6.45. The van der Waals surface area contributed by atoms with E-state index >= 15 is 0 Å². The Morgan fingerprint density at radius 1 is 1.53 bits per heavy atom. The monoisotopic (exact) mass is 232 g/mol. The summed E-state index contributed by atoms with van der Waals surface area (Å²) in [7, 11) is 1.39. The summed E-state index contributed by atoms with van der Waals surface area (Å²) in [5.74, 6) is -0.308. The fraction of sp³-hybridized carbons (Fsp3) is 0.357. The molecule has 2 rings (SSSR count). The Morgan fingerprint density at radius 3 is 3.12 bits per heavy atom. The summed E-state index contributed by atoms with van der Waals surface area (Å²) < 4.78 is 10.2. The van der Waals surface area contributed by atoms with Gasteiger partial charge in [-0.1, -0.05) is 24.3 Å². The molecule has 3 nitrogen and oxygen atoms in total. The zero-order valence-corrected chi connectivity index (χ0v) is 9.89. The Balaban J connectivity index is 2.07. The number of rotatable bonds is 3. The molecule has 0 saturated carbocycles. The third kappa shape index (κ3) is 3.17. The lowest BCUT2D eigenvalue weighted by atomic mass is 10.1. The van der Waals surface area contributed by atoms with Crippen LogP contribution in [0.1, 0.15) is 28.8 Å². The SMILES string of the molecule is COC(=O)c1cccc(C=CC2CCCO2)c1. The van der Waals surface area contributed by atoms with Crippen molar-refractivity contribution in [3.05, 3.63) is 41.5 Å². The van der Waals surface area contributed by atoms with Crippen molar-refractivity contribution in [3.8, 4) is 0 Å². The van der Waals surface area contributed by atoms with Crippen molar-refractivity contribution in [3.63, 3.8) is 0 Å². The summed E-state index contributed by atoms with van der Waals surface area (Å²) in [6, 6.07) is 7.37. The van der Waals surface area contributed by atoms with Gasteiger partial charge in [-0.25, -0.2) is 4.79 Å². The van der Waals surface area contributed by atoms with E-state index in [0.717, 1.165) is 25.0 Å². The molecule has 1 atom stereocenters. The lowest BCUT2D eigenvalue weighted by molar-refractivity contribution is 0.0600. The second-order valence-corrected chi connectivity index (χ2v) is 4.03. The molecular weight excluding hydrogens is 216 g/mol. The number of hydrogen-bond donors (Lipinski definition) is 0. The fourth-order valence-corrected chi connectivity index (χ4v) is 1.86. The van der Waals surface area contributed by atoms with E-state index in [1.54, 1.807) is 6.07 Å². The first kappa shape index (κ1) is 11.9. The van der Waals surface area contributed by atoms with E-state index in [1.807, 2.05) is 30.4 Å². The van der Waals surface area contributed by atoms with Crippen molar-refractivity contribution >= 4 is 12.0 Å². The molecule has 0 aromatic heterocycles. The molecule has 17 heavy (non-hydrogen) atoms. The number of benzene rings is 1. The summed E-state index contributed by atoms with van der Waals surface area (Å²) in [5.41, 5.74) is 1.56. The van der Waals surface area contributed by atoms with Gasteiger partial charge in [0, 0.05) is 6.61 Å². The van der Waals surface area contributed by atoms with Crippen molar-refractivity contribution in [1.82, 2.24) is 0 Å². The fourth-order valence-electron chi connectivity index (χ4n) is 1.86. The third-order valence-corrected chi connectivity index (χ3v) is 2.78. The lowest BCUT2D eigenvalue weighted by Gasteiger charge is -2.03. The molecule has 1 aromatic carbocycles. The van der Waals surface area contributed by atoms with Gasteiger partial charge in [-0.15, -0.1) is 0 Å². The van der Waals surface area contributed by atoms with Gasteiger partial charge in [0.25, 0.3) is 0 Å². The molecule has 1 heterocycles. The van der Waals surface area contributed by atoms with Gasteiger partial charge in [0.2, 0.25) is 0 Å². The molecular formula is C14H16O3. The first-order valence-electron chi connectivity index (χ1n) is 5.78. The molecule has 1 aromatic rings. The normalized spacial score (nSPS) is 19.7. The molecule has 0 aliphatic carbocycles. The Bertz CT molecular complexity index is 417. The average Bonchev–Trinajstić information content (AvgIpc) is 2.89. The Hall–Kier alpha value is -1.61. The molecule has 0 radical (unpaired) electrons. The quantitative estimate of drug-likeness (QED) is 0.751. The van der Waals surface area contributed by atoms with Gasteiger partial charge in [-0.3, -0.25) is 0 Å². The molecule has 3 heteroatoms. The number of methoxy groups -OCH3 is 1. The van der Waals surface area contributed by atoms with Crippen molar-refractivity contribution in [2.24, 2.45) is 0 Å². The number of hydrogen-bond acceptors (Lipinski definition) is 3. The van der Waals surface area contributed by atoms with Gasteiger partial charge < -0.3 is 9.47 Å². The van der Waals surface area contributed by atoms with Crippen LogP contribution in [0, 0.1) is 0 Å². The first-order valence-corrected chi connectivity index (χ1v) is 5.78. The van der Waals surface area contributed by atoms with Crippen LogP contribution in [0.3, 0.4) is 0 Å². The van der Waals surface area contributed by atoms with Crippen LogP contribution < -0.4 is 0 Å². The maximum absolute atomic E-state index is 11.4. The van der Waals surface area contributed by atoms with Gasteiger partial charge in [-0.05, 0) is 30.5 Å². The van der Waals surface area contributed by atoms with Crippen LogP contribution in [-0.4, -0.2) is 25.8 Å². The summed E-state index contributed by atoms with van der Waals surface area (Å²) in [5, 5.41) is 0. The molecule has 1 fully saturated rings. The highest BCUT2D eigenvalue weighted by Crippen LogP contribution is 2.15. The van der Waals surface area contributed by atoms with Crippen LogP contribution in [0.5, 0.6) is 0 Å². The molecule has 1 aliphatic rings. The summed E-state index contributed by atoms with van der Waals surface area (Å²) in [4.78, 5) is 11.4. The third-order valence-electron chi connectivity index (χ3n) is 2.78. The largest absolute Gasteiger partial charge is 0.465 e. The highest BCUT2D eigenvalue weighted by molar-refractivity contribution is 5.89. The van der Waals surface area contributed by atoms with E-state index in [1.165, 1.54) is 7.11 Å². The van der Waals surface area contributed by atoms with E-state index in [-0.39, 0.29) is 12.1 Å². The first-order chi connectivity index (χ1) is 8.29. The molecule has 1 unspecified atom stereocenters. The molecule has 1 saturated heterocycles. The van der Waals surface area contributed by atoms with Crippen molar-refractivity contribution in [2.75, 3.05) is 13.7 Å². The highest BCUT2D eigenvalue weighted by atomic mass is 16.5. The second-order valence-electron chi connectivity index (χ2n) is 4.03. The zero-order chi connectivity index (χ0) is 12.1. The predicted octanol–water partition coefficient (Wildman–Crippen LogP) is 2.67. The van der Waals surface area contributed by atoms with Gasteiger partial charge in [0.05, 0.1) is 18.8 Å². The van der Waals surface area contributed by atoms with Gasteiger partial charge in [0.15, 0.2) is 0 Å². The minimum Gasteiger partial charge on any atom is -0.465 e. The second kappa shape index (κ2) is 5.64. The zero-order valence-electron chi connectivity index (χ0n) is 9.89. The topological polar surface area (TPSA) is 35.5 Å². The Labute approximate surface area is 101 Å². The van der Waals surface area contributed by atoms with Crippen LogP contribution in [0.15, 0.2) is 30.3 Å². The van der Waals surface area contributed by atoms with Crippen molar-refractivity contribution in [2.45, 2.75) is 18.9 Å². The number of esters is 1. The van der Waals surface area contributed by atoms with Gasteiger partial charge in [0.1, 0.15) is 0 Å². The molecule has 0 N–H and O–H groups in total. The molecule has 90 valence electrons. The highest BCUT2D eigenvalue weighted by Gasteiger charge is 2.11. The molecule has 1 aliphatic heterocycles. The average molecular weight is 232 g/mol. The van der Waals surface area contributed by atoms with Crippen LogP contribution in [-0.2, 0) is 9.47 Å².